The van der Waals surface area contributed by atoms with Crippen molar-refractivity contribution in [2.75, 3.05) is 5.32 Å². The number of anilines is 1. The third-order valence-electron chi connectivity index (χ3n) is 1.98. The highest BCUT2D eigenvalue weighted by molar-refractivity contribution is 6.29. The summed E-state index contributed by atoms with van der Waals surface area (Å²) in [6.07, 6.45) is 0. The fraction of sp³-hybridized carbons (Fsp3) is 0.455. The highest BCUT2D eigenvalue weighted by Gasteiger charge is 2.21. The molecule has 1 aromatic heterocycles. The first-order valence-corrected chi connectivity index (χ1v) is 5.13. The molecule has 1 heterocycles. The van der Waals surface area contributed by atoms with Crippen LogP contribution < -0.4 is 5.32 Å². The Morgan fingerprint density at radius 2 is 2.00 bits per heavy atom. The molecule has 0 radical (unpaired) electrons. The molecule has 3 nitrogen and oxygen atoms in total. The normalized spacial score (nSPS) is 11.3. The number of aryl methyl sites for hydroxylation is 1. The van der Waals surface area contributed by atoms with Crippen LogP contribution >= 0.6 is 11.6 Å². The summed E-state index contributed by atoms with van der Waals surface area (Å²) in [4.78, 5) is 15.8. The summed E-state index contributed by atoms with van der Waals surface area (Å²) in [5.41, 5.74) is 1.02. The lowest BCUT2D eigenvalue weighted by Gasteiger charge is -2.18. The van der Waals surface area contributed by atoms with E-state index in [-0.39, 0.29) is 5.91 Å². The molecule has 0 saturated heterocycles. The van der Waals surface area contributed by atoms with Crippen molar-refractivity contribution < 1.29 is 4.79 Å². The zero-order chi connectivity index (χ0) is 11.6. The summed E-state index contributed by atoms with van der Waals surface area (Å²) in [6, 6.07) is 3.42. The van der Waals surface area contributed by atoms with Gasteiger partial charge in [-0.2, -0.15) is 0 Å². The van der Waals surface area contributed by atoms with Crippen molar-refractivity contribution in [3.05, 3.63) is 23.0 Å². The molecule has 1 aromatic rings. The molecule has 0 aliphatic rings. The maximum atomic E-state index is 11.7. The Balaban J connectivity index is 2.87. The zero-order valence-electron chi connectivity index (χ0n) is 9.39. The van der Waals surface area contributed by atoms with Crippen LogP contribution in [0.1, 0.15) is 26.5 Å². The maximum Gasteiger partial charge on any atom is 0.229 e. The highest BCUT2D eigenvalue weighted by atomic mass is 35.5. The molecular formula is C11H15ClN2O. The van der Waals surface area contributed by atoms with Gasteiger partial charge in [0.05, 0.1) is 11.4 Å². The number of hydrogen-bond donors (Lipinski definition) is 1. The second kappa shape index (κ2) is 4.19. The quantitative estimate of drug-likeness (QED) is 0.748. The number of hydrogen-bond acceptors (Lipinski definition) is 2. The van der Waals surface area contributed by atoms with Gasteiger partial charge >= 0.3 is 0 Å². The standard InChI is InChI=1S/C11H15ClN2O/c1-7-8(5-6-9(12)13-7)14-10(15)11(2,3)4/h5-6H,1-4H3,(H,14,15). The second-order valence-corrected chi connectivity index (χ2v) is 4.86. The van der Waals surface area contributed by atoms with Crippen LogP contribution in [0.5, 0.6) is 0 Å². The largest absolute Gasteiger partial charge is 0.324 e. The van der Waals surface area contributed by atoms with Gasteiger partial charge in [0, 0.05) is 5.41 Å². The Kier molecular flexibility index (Phi) is 3.35. The molecule has 0 fully saturated rings. The third-order valence-corrected chi connectivity index (χ3v) is 2.19. The lowest BCUT2D eigenvalue weighted by molar-refractivity contribution is -0.123. The number of pyridine rings is 1. The monoisotopic (exact) mass is 226 g/mol. The number of carbonyl (C=O) groups excluding carboxylic acids is 1. The second-order valence-electron chi connectivity index (χ2n) is 4.47. The van der Waals surface area contributed by atoms with Gasteiger partial charge in [0.2, 0.25) is 5.91 Å². The molecular weight excluding hydrogens is 212 g/mol. The minimum absolute atomic E-state index is 0.0327. The van der Waals surface area contributed by atoms with Gasteiger partial charge in [0.1, 0.15) is 5.15 Å². The first-order valence-electron chi connectivity index (χ1n) is 4.75. The van der Waals surface area contributed by atoms with E-state index in [1.807, 2.05) is 27.7 Å². The van der Waals surface area contributed by atoms with Crippen LogP contribution in [-0.4, -0.2) is 10.9 Å². The van der Waals surface area contributed by atoms with Crippen LogP contribution in [0.4, 0.5) is 5.69 Å². The molecule has 1 rings (SSSR count). The maximum absolute atomic E-state index is 11.7. The topological polar surface area (TPSA) is 42.0 Å². The van der Waals surface area contributed by atoms with E-state index >= 15 is 0 Å². The van der Waals surface area contributed by atoms with E-state index in [1.165, 1.54) is 0 Å². The molecule has 0 spiro atoms. The SMILES string of the molecule is Cc1nc(Cl)ccc1NC(=O)C(C)(C)C. The molecule has 0 aromatic carbocycles. The minimum atomic E-state index is -0.411. The smallest absolute Gasteiger partial charge is 0.229 e. The molecule has 1 amide bonds. The third kappa shape index (κ3) is 3.20. The first kappa shape index (κ1) is 12.0. The molecule has 0 bridgehead atoms. The number of carbonyl (C=O) groups is 1. The van der Waals surface area contributed by atoms with Crippen molar-refractivity contribution in [3.8, 4) is 0 Å². The van der Waals surface area contributed by atoms with Crippen molar-refractivity contribution in [2.45, 2.75) is 27.7 Å². The van der Waals surface area contributed by atoms with E-state index in [2.05, 4.69) is 10.3 Å². The van der Waals surface area contributed by atoms with Gasteiger partial charge in [0.25, 0.3) is 0 Å². The van der Waals surface area contributed by atoms with Gasteiger partial charge in [-0.25, -0.2) is 4.98 Å². The Bertz CT molecular complexity index is 383. The van der Waals surface area contributed by atoms with Gasteiger partial charge in [-0.3, -0.25) is 4.79 Å². The van der Waals surface area contributed by atoms with Crippen LogP contribution in [-0.2, 0) is 4.79 Å². The molecule has 0 saturated carbocycles. The van der Waals surface area contributed by atoms with E-state index in [4.69, 9.17) is 11.6 Å². The average molecular weight is 227 g/mol. The van der Waals surface area contributed by atoms with Gasteiger partial charge in [-0.05, 0) is 19.1 Å². The van der Waals surface area contributed by atoms with E-state index in [9.17, 15) is 4.79 Å². The number of amides is 1. The number of aromatic nitrogens is 1. The molecule has 0 aliphatic carbocycles. The van der Waals surface area contributed by atoms with Gasteiger partial charge in [-0.1, -0.05) is 32.4 Å². The average Bonchev–Trinajstić information content (AvgIpc) is 2.08. The molecule has 1 N–H and O–H groups in total. The molecule has 0 atom stereocenters. The molecule has 82 valence electrons. The predicted molar refractivity (Wildman–Crippen MR) is 62.1 cm³/mol. The highest BCUT2D eigenvalue weighted by Crippen LogP contribution is 2.20. The minimum Gasteiger partial charge on any atom is -0.324 e. The predicted octanol–water partition coefficient (Wildman–Crippen LogP) is 3.03. The molecule has 4 heteroatoms. The van der Waals surface area contributed by atoms with Crippen LogP contribution in [0.2, 0.25) is 5.15 Å². The van der Waals surface area contributed by atoms with Gasteiger partial charge in [-0.15, -0.1) is 0 Å². The Morgan fingerprint density at radius 1 is 1.40 bits per heavy atom. The number of rotatable bonds is 1. The van der Waals surface area contributed by atoms with Crippen molar-refractivity contribution >= 4 is 23.2 Å². The summed E-state index contributed by atoms with van der Waals surface area (Å²) in [5.74, 6) is -0.0327. The first-order chi connectivity index (χ1) is 6.80. The van der Waals surface area contributed by atoms with Crippen molar-refractivity contribution in [1.82, 2.24) is 4.98 Å². The van der Waals surface area contributed by atoms with Crippen molar-refractivity contribution in [1.29, 1.82) is 0 Å². The van der Waals surface area contributed by atoms with Gasteiger partial charge < -0.3 is 5.32 Å². The summed E-state index contributed by atoms with van der Waals surface area (Å²) in [6.45, 7) is 7.40. The van der Waals surface area contributed by atoms with E-state index < -0.39 is 5.41 Å². The summed E-state index contributed by atoms with van der Waals surface area (Å²) >= 11 is 5.72. The lowest BCUT2D eigenvalue weighted by atomic mass is 9.95. The fourth-order valence-corrected chi connectivity index (χ4v) is 1.16. The Hall–Kier alpha value is -1.09. The number of nitrogens with one attached hydrogen (secondary N) is 1. The molecule has 15 heavy (non-hydrogen) atoms. The Labute approximate surface area is 94.9 Å². The van der Waals surface area contributed by atoms with E-state index in [0.29, 0.717) is 10.8 Å². The fourth-order valence-electron chi connectivity index (χ4n) is 0.972. The van der Waals surface area contributed by atoms with E-state index in [0.717, 1.165) is 5.69 Å². The van der Waals surface area contributed by atoms with Crippen LogP contribution in [0.25, 0.3) is 0 Å². The zero-order valence-corrected chi connectivity index (χ0v) is 10.1. The van der Waals surface area contributed by atoms with Crippen molar-refractivity contribution in [2.24, 2.45) is 5.41 Å². The van der Waals surface area contributed by atoms with Gasteiger partial charge in [0.15, 0.2) is 0 Å². The van der Waals surface area contributed by atoms with Crippen LogP contribution in [0.3, 0.4) is 0 Å². The summed E-state index contributed by atoms with van der Waals surface area (Å²) in [7, 11) is 0. The van der Waals surface area contributed by atoms with Crippen LogP contribution in [0.15, 0.2) is 12.1 Å². The van der Waals surface area contributed by atoms with Crippen molar-refractivity contribution in [3.63, 3.8) is 0 Å². The van der Waals surface area contributed by atoms with Crippen LogP contribution in [0, 0.1) is 12.3 Å². The summed E-state index contributed by atoms with van der Waals surface area (Å²) < 4.78 is 0. The lowest BCUT2D eigenvalue weighted by Crippen LogP contribution is -2.28. The Morgan fingerprint density at radius 3 is 2.47 bits per heavy atom. The number of nitrogens with zero attached hydrogens (tertiary/aromatic N) is 1. The molecule has 0 unspecified atom stereocenters. The summed E-state index contributed by atoms with van der Waals surface area (Å²) in [5, 5.41) is 3.25. The molecule has 0 aliphatic heterocycles. The van der Waals surface area contributed by atoms with E-state index in [1.54, 1.807) is 12.1 Å². The number of halogens is 1.